The van der Waals surface area contributed by atoms with Gasteiger partial charge < -0.3 is 19.4 Å². The van der Waals surface area contributed by atoms with Crippen LogP contribution in [0.15, 0.2) is 28.7 Å². The Bertz CT molecular complexity index is 800. The molecule has 26 heavy (non-hydrogen) atoms. The van der Waals surface area contributed by atoms with E-state index < -0.39 is 23.7 Å². The number of nitrogens with one attached hydrogen (secondary N) is 1. The third-order valence-corrected chi connectivity index (χ3v) is 3.60. The summed E-state index contributed by atoms with van der Waals surface area (Å²) in [6, 6.07) is 0.0493. The van der Waals surface area contributed by atoms with Gasteiger partial charge in [0, 0.05) is 11.6 Å². The number of aromatic amines is 1. The number of hydrogen-bond donors (Lipinski definition) is 2. The fourth-order valence-electron chi connectivity index (χ4n) is 2.57. The average molecular weight is 365 g/mol. The van der Waals surface area contributed by atoms with Crippen LogP contribution >= 0.6 is 0 Å². The summed E-state index contributed by atoms with van der Waals surface area (Å²) in [6.07, 6.45) is 0.0759. The molecule has 1 atom stereocenters. The van der Waals surface area contributed by atoms with Gasteiger partial charge >= 0.3 is 12.1 Å². The summed E-state index contributed by atoms with van der Waals surface area (Å²) in [5.74, 6) is -0.725. The van der Waals surface area contributed by atoms with E-state index in [9.17, 15) is 19.5 Å². The molecule has 10 nitrogen and oxygen atoms in total. The highest BCUT2D eigenvalue weighted by Crippen LogP contribution is 2.31. The van der Waals surface area contributed by atoms with Crippen LogP contribution in [0, 0.1) is 0 Å². The maximum atomic E-state index is 12.5. The summed E-state index contributed by atoms with van der Waals surface area (Å²) in [5.41, 5.74) is -0.364. The van der Waals surface area contributed by atoms with Gasteiger partial charge in [-0.1, -0.05) is 17.8 Å². The number of esters is 1. The summed E-state index contributed by atoms with van der Waals surface area (Å²) < 4.78 is 10.0. The normalized spacial score (nSPS) is 17.4. The zero-order chi connectivity index (χ0) is 19.3. The predicted octanol–water partition coefficient (Wildman–Crippen LogP) is 0.888. The monoisotopic (exact) mass is 365 g/mol. The molecule has 1 amide bonds. The van der Waals surface area contributed by atoms with Crippen LogP contribution in [0.5, 0.6) is 5.88 Å². The smallest absolute Gasteiger partial charge is 0.408 e. The van der Waals surface area contributed by atoms with Crippen molar-refractivity contribution in [3.8, 4) is 5.88 Å². The van der Waals surface area contributed by atoms with Gasteiger partial charge in [0.25, 0.3) is 5.56 Å². The number of ether oxygens (including phenoxy) is 2. The lowest BCUT2D eigenvalue weighted by Gasteiger charge is -2.33. The van der Waals surface area contributed by atoms with Crippen molar-refractivity contribution < 1.29 is 29.0 Å². The quantitative estimate of drug-likeness (QED) is 0.331. The fraction of sp³-hybridized carbons (Fsp3) is 0.375. The summed E-state index contributed by atoms with van der Waals surface area (Å²) in [6.45, 7) is 4.89. The van der Waals surface area contributed by atoms with Gasteiger partial charge in [-0.3, -0.25) is 14.7 Å². The zero-order valence-electron chi connectivity index (χ0n) is 14.4. The van der Waals surface area contributed by atoms with Crippen molar-refractivity contribution in [1.82, 2.24) is 9.88 Å². The molecule has 140 valence electrons. The van der Waals surface area contributed by atoms with Gasteiger partial charge in [-0.15, -0.1) is 0 Å². The molecule has 1 aliphatic heterocycles. The molecule has 0 aromatic carbocycles. The molecule has 1 aromatic heterocycles. The lowest BCUT2D eigenvalue weighted by molar-refractivity contribution is -0.149. The highest BCUT2D eigenvalue weighted by atomic mass is 16.6. The second kappa shape index (κ2) is 8.19. The lowest BCUT2D eigenvalue weighted by Crippen LogP contribution is -2.48. The third kappa shape index (κ3) is 3.68. The zero-order valence-corrected chi connectivity index (χ0v) is 14.4. The number of carbonyl (C=O) groups excluding carboxylic acids is 1. The molecule has 2 rings (SSSR count). The van der Waals surface area contributed by atoms with Gasteiger partial charge in [-0.05, 0) is 6.92 Å². The number of oxime groups is 1. The van der Waals surface area contributed by atoms with Crippen molar-refractivity contribution in [2.45, 2.75) is 13.0 Å². The Morgan fingerprint density at radius 2 is 2.27 bits per heavy atom. The second-order valence-electron chi connectivity index (χ2n) is 5.18. The number of rotatable bonds is 6. The van der Waals surface area contributed by atoms with Crippen molar-refractivity contribution in [2.75, 3.05) is 26.9 Å². The van der Waals surface area contributed by atoms with E-state index in [1.807, 2.05) is 0 Å². The Hall–Kier alpha value is -3.30. The number of pyridine rings is 1. The molecule has 0 fully saturated rings. The van der Waals surface area contributed by atoms with Gasteiger partial charge in [0.05, 0.1) is 25.8 Å². The van der Waals surface area contributed by atoms with Crippen molar-refractivity contribution >= 4 is 17.8 Å². The van der Waals surface area contributed by atoms with Crippen LogP contribution in [0.25, 0.3) is 0 Å². The van der Waals surface area contributed by atoms with E-state index in [0.29, 0.717) is 0 Å². The van der Waals surface area contributed by atoms with E-state index in [4.69, 9.17) is 14.3 Å². The Morgan fingerprint density at radius 1 is 1.54 bits per heavy atom. The van der Waals surface area contributed by atoms with E-state index in [1.54, 1.807) is 6.92 Å². The summed E-state index contributed by atoms with van der Waals surface area (Å²) >= 11 is 0. The van der Waals surface area contributed by atoms with Crippen LogP contribution in [0.2, 0.25) is 0 Å². The number of methoxy groups -OCH3 is 1. The molecule has 1 unspecified atom stereocenters. The van der Waals surface area contributed by atoms with Crippen LogP contribution in [-0.4, -0.2) is 59.6 Å². The molecule has 2 heterocycles. The number of carbonyl (C=O) groups is 2. The molecule has 0 radical (unpaired) electrons. The molecular weight excluding hydrogens is 346 g/mol. The van der Waals surface area contributed by atoms with Gasteiger partial charge in [-0.25, -0.2) is 9.59 Å². The minimum absolute atomic E-state index is 0.0467. The van der Waals surface area contributed by atoms with Gasteiger partial charge in [-0.2, -0.15) is 0 Å². The molecule has 0 saturated heterocycles. The summed E-state index contributed by atoms with van der Waals surface area (Å²) in [7, 11) is 1.33. The molecular formula is C16H19N3O7. The number of fused-ring (bicyclic) bond motifs is 1. The maximum Gasteiger partial charge on any atom is 0.408 e. The van der Waals surface area contributed by atoms with Gasteiger partial charge in [0.1, 0.15) is 12.3 Å². The largest absolute Gasteiger partial charge is 0.482 e. The number of hydrogen-bond acceptors (Lipinski definition) is 7. The number of nitrogens with zero attached hydrogens (tertiary/aromatic N) is 2. The number of amides is 1. The molecule has 0 aliphatic carbocycles. The van der Waals surface area contributed by atoms with Crippen molar-refractivity contribution in [3.05, 3.63) is 40.2 Å². The molecule has 0 saturated carbocycles. The molecule has 1 aliphatic rings. The number of aromatic nitrogens is 1. The standard InChI is InChI=1S/C16H19N3O7/c1-4-6-26-18-10-8-19(16(22)23)13(15(21)25-5-2)9-7-11(24-3)17-14(20)12(9)10/h4,7,13H,1,5-6,8H2,2-3H3,(H,17,20)(H,22,23). The van der Waals surface area contributed by atoms with E-state index >= 15 is 0 Å². The molecule has 1 aromatic rings. The third-order valence-electron chi connectivity index (χ3n) is 3.60. The van der Waals surface area contributed by atoms with Gasteiger partial charge in [0.2, 0.25) is 0 Å². The maximum absolute atomic E-state index is 12.5. The topological polar surface area (TPSA) is 131 Å². The Kier molecular flexibility index (Phi) is 5.99. The first-order valence-corrected chi connectivity index (χ1v) is 7.72. The number of carboxylic acid groups (broad SMARTS) is 1. The van der Waals surface area contributed by atoms with Crippen LogP contribution in [0.1, 0.15) is 24.1 Å². The first kappa shape index (κ1) is 19.0. The lowest BCUT2D eigenvalue weighted by atomic mass is 9.93. The molecule has 10 heteroatoms. The highest BCUT2D eigenvalue weighted by molar-refractivity contribution is 6.07. The second-order valence-corrected chi connectivity index (χ2v) is 5.18. The minimum atomic E-state index is -1.37. The summed E-state index contributed by atoms with van der Waals surface area (Å²) in [5, 5.41) is 13.4. The van der Waals surface area contributed by atoms with Crippen LogP contribution in [0.3, 0.4) is 0 Å². The van der Waals surface area contributed by atoms with E-state index in [2.05, 4.69) is 16.7 Å². The van der Waals surface area contributed by atoms with E-state index in [-0.39, 0.29) is 42.5 Å². The first-order valence-electron chi connectivity index (χ1n) is 7.72. The molecule has 0 spiro atoms. The Morgan fingerprint density at radius 3 is 2.85 bits per heavy atom. The van der Waals surface area contributed by atoms with Crippen molar-refractivity contribution in [1.29, 1.82) is 0 Å². The van der Waals surface area contributed by atoms with E-state index in [0.717, 1.165) is 4.90 Å². The van der Waals surface area contributed by atoms with Crippen LogP contribution in [0.4, 0.5) is 4.79 Å². The Balaban J connectivity index is 2.68. The van der Waals surface area contributed by atoms with Gasteiger partial charge in [0.15, 0.2) is 11.9 Å². The van der Waals surface area contributed by atoms with Crippen molar-refractivity contribution in [2.24, 2.45) is 5.16 Å². The molecule has 2 N–H and O–H groups in total. The minimum Gasteiger partial charge on any atom is -0.482 e. The summed E-state index contributed by atoms with van der Waals surface area (Å²) in [4.78, 5) is 44.9. The predicted molar refractivity (Wildman–Crippen MR) is 90.4 cm³/mol. The first-order chi connectivity index (χ1) is 12.4. The van der Waals surface area contributed by atoms with Crippen LogP contribution in [-0.2, 0) is 14.4 Å². The van der Waals surface area contributed by atoms with E-state index in [1.165, 1.54) is 19.3 Å². The Labute approximate surface area is 148 Å². The highest BCUT2D eigenvalue weighted by Gasteiger charge is 2.41. The number of H-pyrrole nitrogens is 1. The van der Waals surface area contributed by atoms with Crippen molar-refractivity contribution in [3.63, 3.8) is 0 Å². The van der Waals surface area contributed by atoms with Crippen LogP contribution < -0.4 is 10.3 Å². The SMILES string of the molecule is C=CCON=C1CN(C(=O)O)C(C(=O)OCC)c2cc(OC)[nH]c(=O)c21. The average Bonchev–Trinajstić information content (AvgIpc) is 2.60. The molecule has 0 bridgehead atoms. The fourth-order valence-corrected chi connectivity index (χ4v) is 2.57.